The van der Waals surface area contributed by atoms with Crippen molar-refractivity contribution in [2.24, 2.45) is 0 Å². The molecule has 0 aliphatic rings. The monoisotopic (exact) mass is 1200 g/mol. The van der Waals surface area contributed by atoms with Crippen LogP contribution in [0.3, 0.4) is 0 Å². The van der Waals surface area contributed by atoms with Crippen LogP contribution < -0.4 is 21.9 Å². The van der Waals surface area contributed by atoms with E-state index >= 15 is 0 Å². The Bertz CT molecular complexity index is 2920. The smallest absolute Gasteiger partial charge is 0.289 e. The fraction of sp³-hybridized carbons (Fsp3) is 0.204. The molecule has 81 heavy (non-hydrogen) atoms. The maximum Gasteiger partial charge on any atom is 0.416 e. The normalized spacial score (nSPS) is 13.3. The number of alkyl halides is 24. The lowest BCUT2D eigenvalue weighted by Gasteiger charge is -2.46. The van der Waals surface area contributed by atoms with Crippen LogP contribution >= 0.6 is 0 Å². The Balaban J connectivity index is 0.000000363. The van der Waals surface area contributed by atoms with Crippen LogP contribution in [0.2, 0.25) is 0 Å². The predicted molar refractivity (Wildman–Crippen MR) is 252 cm³/mol. The lowest BCUT2D eigenvalue weighted by molar-refractivity contribution is -0.144. The summed E-state index contributed by atoms with van der Waals surface area (Å²) in [5.74, 6) is 0.713. The van der Waals surface area contributed by atoms with Gasteiger partial charge in [-0.15, -0.1) is 0 Å². The molecule has 7 aromatic rings. The molecule has 0 aromatic heterocycles. The molecule has 0 fully saturated rings. The molecule has 0 saturated carbocycles. The van der Waals surface area contributed by atoms with Gasteiger partial charge in [0.15, 0.2) is 15.5 Å². The number of aryl methyl sites for hydroxylation is 2. The second kappa shape index (κ2) is 22.4. The van der Waals surface area contributed by atoms with Crippen molar-refractivity contribution >= 4 is 44.7 Å². The number of rotatable bonds is 9. The third-order valence-electron chi connectivity index (χ3n) is 12.5. The van der Waals surface area contributed by atoms with Gasteiger partial charge in [0.05, 0.1) is 55.4 Å². The van der Waals surface area contributed by atoms with Crippen LogP contribution in [0.15, 0.2) is 161 Å². The maximum atomic E-state index is 14.2. The van der Waals surface area contributed by atoms with E-state index in [0.29, 0.717) is 5.75 Å². The zero-order valence-corrected chi connectivity index (χ0v) is 41.4. The highest BCUT2D eigenvalue weighted by atomic mass is 32.2. The second-order valence-electron chi connectivity index (χ2n) is 18.1. The molecule has 0 aliphatic heterocycles. The Morgan fingerprint density at radius 2 is 0.531 bits per heavy atom. The summed E-state index contributed by atoms with van der Waals surface area (Å²) < 4.78 is 341. The molecule has 1 nitrogen and oxygen atoms in total. The summed E-state index contributed by atoms with van der Waals surface area (Å²) in [4.78, 5) is 15.4. The van der Waals surface area contributed by atoms with Gasteiger partial charge in [-0.3, -0.25) is 4.79 Å². The van der Waals surface area contributed by atoms with Crippen molar-refractivity contribution in [3.8, 4) is 0 Å². The Kier molecular flexibility index (Phi) is 17.4. The van der Waals surface area contributed by atoms with Crippen molar-refractivity contribution in [2.45, 2.75) is 73.0 Å². The van der Waals surface area contributed by atoms with E-state index in [4.69, 9.17) is 0 Å². The zero-order valence-electron chi connectivity index (χ0n) is 40.6. The highest BCUT2D eigenvalue weighted by molar-refractivity contribution is 7.97. The third kappa shape index (κ3) is 14.5. The van der Waals surface area contributed by atoms with Gasteiger partial charge in [-0.2, -0.15) is 127 Å². The van der Waals surface area contributed by atoms with Crippen LogP contribution in [0.1, 0.15) is 66.0 Å². The van der Waals surface area contributed by atoms with Crippen LogP contribution in [0, 0.1) is 13.8 Å². The summed E-state index contributed by atoms with van der Waals surface area (Å²) in [6, 6.07) is 17.6. The van der Waals surface area contributed by atoms with Gasteiger partial charge in [-0.25, -0.2) is 0 Å². The van der Waals surface area contributed by atoms with E-state index in [-0.39, 0.29) is 16.7 Å². The topological polar surface area (TPSA) is 17.1 Å². The van der Waals surface area contributed by atoms with Gasteiger partial charge in [0.2, 0.25) is 5.78 Å². The quantitative estimate of drug-likeness (QED) is 0.0609. The maximum absolute atomic E-state index is 14.2. The average molecular weight is 1200 g/mol. The number of carbonyl (C=O) groups is 1. The number of hydrogen-bond donors (Lipinski definition) is 0. The Morgan fingerprint density at radius 3 is 0.741 bits per heavy atom. The summed E-state index contributed by atoms with van der Waals surface area (Å²) in [5.41, 5.74) is -26.9. The molecule has 432 valence electrons. The van der Waals surface area contributed by atoms with Crippen molar-refractivity contribution in [1.29, 1.82) is 0 Å². The third-order valence-corrected chi connectivity index (χ3v) is 15.1. The fourth-order valence-electron chi connectivity index (χ4n) is 8.85. The largest absolute Gasteiger partial charge is 0.416 e. The minimum absolute atomic E-state index is 0.199. The van der Waals surface area contributed by atoms with Gasteiger partial charge in [0.25, 0.3) is 0 Å². The lowest BCUT2D eigenvalue weighted by atomic mass is 9.12. The van der Waals surface area contributed by atoms with Crippen molar-refractivity contribution in [1.82, 2.24) is 0 Å². The van der Waals surface area contributed by atoms with E-state index in [1.54, 1.807) is 0 Å². The first-order valence-corrected chi connectivity index (χ1v) is 24.1. The molecule has 0 atom stereocenters. The number of halogens is 24. The van der Waals surface area contributed by atoms with Crippen LogP contribution in [-0.2, 0) is 60.3 Å². The molecule has 7 rings (SSSR count). The highest BCUT2D eigenvalue weighted by Crippen LogP contribution is 2.42. The molecule has 0 amide bonds. The summed E-state index contributed by atoms with van der Waals surface area (Å²) in [6.07, 6.45) is -54.8. The van der Waals surface area contributed by atoms with Gasteiger partial charge < -0.3 is 0 Å². The van der Waals surface area contributed by atoms with E-state index in [0.717, 1.165) is 5.56 Å². The number of Topliss-reactive ketones (excluding diaryl/α,β-unsaturated/α-hetero) is 1. The molecule has 0 aliphatic carbocycles. The molecule has 0 unspecified atom stereocenters. The van der Waals surface area contributed by atoms with Gasteiger partial charge in [-0.1, -0.05) is 115 Å². The van der Waals surface area contributed by atoms with Crippen LogP contribution in [0.4, 0.5) is 105 Å². The molecule has 0 radical (unpaired) electrons. The van der Waals surface area contributed by atoms with E-state index in [1.807, 2.05) is 30.3 Å². The summed E-state index contributed by atoms with van der Waals surface area (Å²) in [5, 5.41) is 0. The van der Waals surface area contributed by atoms with Crippen molar-refractivity contribution in [3.05, 3.63) is 213 Å². The molecule has 0 saturated heterocycles. The molecule has 27 heteroatoms. The second-order valence-corrected chi connectivity index (χ2v) is 20.0. The van der Waals surface area contributed by atoms with E-state index in [1.165, 1.54) is 20.9 Å². The predicted octanol–water partition coefficient (Wildman–Crippen LogP) is 16.4. The molecule has 7 aromatic carbocycles. The summed E-state index contributed by atoms with van der Waals surface area (Å²) >= 11 is 0. The van der Waals surface area contributed by atoms with Crippen molar-refractivity contribution in [2.75, 3.05) is 5.75 Å². The highest BCUT2D eigenvalue weighted by Gasteiger charge is 2.47. The number of hydrogen-bond acceptors (Lipinski definition) is 1. The molecular weight excluding hydrogens is 1160 g/mol. The summed E-state index contributed by atoms with van der Waals surface area (Å²) in [6.45, 7) is 4.25. The van der Waals surface area contributed by atoms with Crippen LogP contribution in [-0.4, -0.2) is 17.7 Å². The van der Waals surface area contributed by atoms with Crippen molar-refractivity contribution in [3.63, 3.8) is 0 Å². The van der Waals surface area contributed by atoms with Crippen LogP contribution in [0.5, 0.6) is 0 Å². The Morgan fingerprint density at radius 1 is 0.321 bits per heavy atom. The van der Waals surface area contributed by atoms with E-state index < -0.39 is 195 Å². The molecule has 0 N–H and O–H groups in total. The van der Waals surface area contributed by atoms with Gasteiger partial charge in [0, 0.05) is 16.7 Å². The standard InChI is InChI=1S/C32H12BF24.C22H21OS/c34-25(35,36)13-1-14(26(37,38)39)6-21(5-13)33(22-7-15(27(40,41)42)2-16(8-22)28(43,44)45,23-9-17(29(46,47)48)3-18(10-23)30(49,50)51)24-11-19(31(52,53)54)4-20(12-24)32(55,56)57;1-17-10-6-8-14-21(17)24(22-15-9-7-11-18(22)2)16-20(23)19-12-4-3-5-13-19/h1-12H;3-15H,16H2,1-2H3/q-1;+1. The Labute approximate surface area is 445 Å². The van der Waals surface area contributed by atoms with E-state index in [9.17, 15) is 110 Å². The number of benzene rings is 7. The first-order chi connectivity index (χ1) is 36.9. The number of ketones is 1. The first-order valence-electron chi connectivity index (χ1n) is 22.7. The average Bonchev–Trinajstić information content (AvgIpc) is 3.50. The SMILES string of the molecule is Cc1ccccc1[S+](CC(=O)c1ccccc1)c1ccccc1C.FC(F)(F)c1cc([B-](c2cc(C(F)(F)F)cc(C(F)(F)F)c2)(c2cc(C(F)(F)F)cc(C(F)(F)F)c2)c2cc(C(F)(F)F)cc(C(F)(F)F)c2)cc(C(F)(F)F)c1. The van der Waals surface area contributed by atoms with Gasteiger partial charge >= 0.3 is 49.4 Å². The molecule has 0 bridgehead atoms. The van der Waals surface area contributed by atoms with Crippen molar-refractivity contribution < 1.29 is 110 Å². The van der Waals surface area contributed by atoms with E-state index in [2.05, 4.69) is 62.4 Å². The minimum atomic E-state index is -6.13. The zero-order chi connectivity index (χ0) is 60.9. The van der Waals surface area contributed by atoms with Crippen LogP contribution in [0.25, 0.3) is 0 Å². The van der Waals surface area contributed by atoms with Gasteiger partial charge in [-0.05, 0) is 50.2 Å². The van der Waals surface area contributed by atoms with Gasteiger partial charge in [0.1, 0.15) is 6.15 Å². The lowest BCUT2D eigenvalue weighted by Crippen LogP contribution is -2.75. The fourth-order valence-corrected chi connectivity index (χ4v) is 11.2. The summed E-state index contributed by atoms with van der Waals surface area (Å²) in [7, 11) is -0.255. The molecular formula is C54H33BF24OS. The minimum Gasteiger partial charge on any atom is -0.289 e. The molecule has 0 spiro atoms. The first kappa shape index (κ1) is 63.1. The Hall–Kier alpha value is -7.06. The molecule has 0 heterocycles. The number of carbonyl (C=O) groups excluding carboxylic acids is 1.